The largest absolute Gasteiger partial charge is 0.385 e. The minimum absolute atomic E-state index is 0. The van der Waals surface area contributed by atoms with Crippen LogP contribution < -0.4 is 10.6 Å². The standard InChI is InChI=1S/C18H35N3O2.HI/c1-19-17(20-12-6-13-23-16-7-3-4-8-16)21-15-18(9-5-10-18)11-14-22-2;/h16H,3-15H2,1-2H3,(H2,19,20,21);1H. The molecule has 142 valence electrons. The topological polar surface area (TPSA) is 54.9 Å². The smallest absolute Gasteiger partial charge is 0.190 e. The van der Waals surface area contributed by atoms with Crippen LogP contribution in [0.1, 0.15) is 57.8 Å². The van der Waals surface area contributed by atoms with Gasteiger partial charge in [0, 0.05) is 40.5 Å². The molecular formula is C18H36IN3O2. The Morgan fingerprint density at radius 3 is 2.46 bits per heavy atom. The fraction of sp³-hybridized carbons (Fsp3) is 0.944. The molecular weight excluding hydrogens is 417 g/mol. The highest BCUT2D eigenvalue weighted by molar-refractivity contribution is 14.0. The molecule has 6 heteroatoms. The van der Waals surface area contributed by atoms with Gasteiger partial charge in [-0.2, -0.15) is 0 Å². The van der Waals surface area contributed by atoms with Crippen LogP contribution in [-0.2, 0) is 9.47 Å². The first-order chi connectivity index (χ1) is 11.3. The average molecular weight is 453 g/mol. The molecule has 0 atom stereocenters. The van der Waals surface area contributed by atoms with Gasteiger partial charge in [0.1, 0.15) is 0 Å². The molecule has 2 aliphatic rings. The fourth-order valence-electron chi connectivity index (χ4n) is 3.59. The van der Waals surface area contributed by atoms with Gasteiger partial charge in [-0.1, -0.05) is 19.3 Å². The Bertz CT molecular complexity index is 356. The Balaban J connectivity index is 0.00000288. The van der Waals surface area contributed by atoms with Crippen molar-refractivity contribution >= 4 is 29.9 Å². The number of nitrogens with one attached hydrogen (secondary N) is 2. The lowest BCUT2D eigenvalue weighted by Gasteiger charge is -2.42. The van der Waals surface area contributed by atoms with Crippen LogP contribution in [0.25, 0.3) is 0 Å². The molecule has 0 heterocycles. The number of methoxy groups -OCH3 is 1. The second-order valence-electron chi connectivity index (χ2n) is 7.08. The Morgan fingerprint density at radius 2 is 1.88 bits per heavy atom. The lowest BCUT2D eigenvalue weighted by atomic mass is 9.67. The van der Waals surface area contributed by atoms with E-state index in [-0.39, 0.29) is 24.0 Å². The number of halogens is 1. The Labute approximate surface area is 164 Å². The van der Waals surface area contributed by atoms with E-state index in [1.54, 1.807) is 7.11 Å². The first kappa shape index (κ1) is 22.0. The van der Waals surface area contributed by atoms with Crippen LogP contribution >= 0.6 is 24.0 Å². The molecule has 0 amide bonds. The van der Waals surface area contributed by atoms with Crippen molar-refractivity contribution in [3.05, 3.63) is 0 Å². The SMILES string of the molecule is CN=C(NCCCOC1CCCC1)NCC1(CCOC)CCC1.I. The van der Waals surface area contributed by atoms with Gasteiger partial charge >= 0.3 is 0 Å². The van der Waals surface area contributed by atoms with Crippen LogP contribution in [0.15, 0.2) is 4.99 Å². The first-order valence-corrected chi connectivity index (χ1v) is 9.33. The molecule has 0 bridgehead atoms. The van der Waals surface area contributed by atoms with Crippen molar-refractivity contribution in [2.75, 3.05) is 40.5 Å². The summed E-state index contributed by atoms with van der Waals surface area (Å²) >= 11 is 0. The van der Waals surface area contributed by atoms with Gasteiger partial charge in [-0.25, -0.2) is 0 Å². The van der Waals surface area contributed by atoms with E-state index in [9.17, 15) is 0 Å². The van der Waals surface area contributed by atoms with Gasteiger partial charge in [0.15, 0.2) is 5.96 Å². The quantitative estimate of drug-likeness (QED) is 0.231. The fourth-order valence-corrected chi connectivity index (χ4v) is 3.59. The molecule has 0 saturated heterocycles. The summed E-state index contributed by atoms with van der Waals surface area (Å²) in [4.78, 5) is 4.33. The molecule has 2 fully saturated rings. The molecule has 2 saturated carbocycles. The minimum atomic E-state index is 0. The van der Waals surface area contributed by atoms with Crippen LogP contribution in [0.2, 0.25) is 0 Å². The molecule has 5 nitrogen and oxygen atoms in total. The lowest BCUT2D eigenvalue weighted by molar-refractivity contribution is 0.0573. The third-order valence-corrected chi connectivity index (χ3v) is 5.37. The van der Waals surface area contributed by atoms with Crippen molar-refractivity contribution in [3.8, 4) is 0 Å². The number of aliphatic imine (C=N–C) groups is 1. The second kappa shape index (κ2) is 12.3. The molecule has 0 aliphatic heterocycles. The maximum atomic E-state index is 5.89. The van der Waals surface area contributed by atoms with Crippen LogP contribution in [0, 0.1) is 5.41 Å². The summed E-state index contributed by atoms with van der Waals surface area (Å²) < 4.78 is 11.1. The average Bonchev–Trinajstić information content (AvgIpc) is 3.04. The van der Waals surface area contributed by atoms with E-state index in [0.717, 1.165) is 45.1 Å². The predicted molar refractivity (Wildman–Crippen MR) is 110 cm³/mol. The number of hydrogen-bond donors (Lipinski definition) is 2. The zero-order valence-corrected chi connectivity index (χ0v) is 17.8. The molecule has 2 N–H and O–H groups in total. The molecule has 0 aromatic carbocycles. The highest BCUT2D eigenvalue weighted by Crippen LogP contribution is 2.43. The van der Waals surface area contributed by atoms with Gasteiger partial charge in [-0.3, -0.25) is 4.99 Å². The third kappa shape index (κ3) is 7.44. The minimum Gasteiger partial charge on any atom is -0.385 e. The Morgan fingerprint density at radius 1 is 1.12 bits per heavy atom. The molecule has 0 aromatic rings. The Kier molecular flexibility index (Phi) is 11.3. The van der Waals surface area contributed by atoms with E-state index in [4.69, 9.17) is 9.47 Å². The van der Waals surface area contributed by atoms with Crippen molar-refractivity contribution in [3.63, 3.8) is 0 Å². The maximum absolute atomic E-state index is 5.89. The molecule has 2 aliphatic carbocycles. The molecule has 2 rings (SSSR count). The molecule has 0 unspecified atom stereocenters. The summed E-state index contributed by atoms with van der Waals surface area (Å²) in [7, 11) is 3.63. The van der Waals surface area contributed by atoms with Gasteiger partial charge in [-0.15, -0.1) is 24.0 Å². The van der Waals surface area contributed by atoms with Gasteiger partial charge in [0.05, 0.1) is 6.10 Å². The summed E-state index contributed by atoms with van der Waals surface area (Å²) in [6.45, 7) is 3.62. The van der Waals surface area contributed by atoms with E-state index in [1.165, 1.54) is 44.9 Å². The number of hydrogen-bond acceptors (Lipinski definition) is 3. The van der Waals surface area contributed by atoms with Gasteiger partial charge < -0.3 is 20.1 Å². The zero-order chi connectivity index (χ0) is 16.4. The zero-order valence-electron chi connectivity index (χ0n) is 15.4. The van der Waals surface area contributed by atoms with Gasteiger partial charge in [0.25, 0.3) is 0 Å². The highest BCUT2D eigenvalue weighted by atomic mass is 127. The third-order valence-electron chi connectivity index (χ3n) is 5.37. The Hall–Kier alpha value is -0.0800. The van der Waals surface area contributed by atoms with E-state index >= 15 is 0 Å². The molecule has 0 aromatic heterocycles. The monoisotopic (exact) mass is 453 g/mol. The molecule has 0 spiro atoms. The second-order valence-corrected chi connectivity index (χ2v) is 7.08. The number of nitrogens with zero attached hydrogens (tertiary/aromatic N) is 1. The summed E-state index contributed by atoms with van der Waals surface area (Å²) in [5.41, 5.74) is 0.416. The van der Waals surface area contributed by atoms with Crippen LogP contribution in [0.3, 0.4) is 0 Å². The van der Waals surface area contributed by atoms with Crippen molar-refractivity contribution < 1.29 is 9.47 Å². The van der Waals surface area contributed by atoms with Crippen LogP contribution in [0.4, 0.5) is 0 Å². The van der Waals surface area contributed by atoms with E-state index in [0.29, 0.717) is 11.5 Å². The highest BCUT2D eigenvalue weighted by Gasteiger charge is 2.36. The number of guanidine groups is 1. The first-order valence-electron chi connectivity index (χ1n) is 9.33. The van der Waals surface area contributed by atoms with Crippen molar-refractivity contribution in [1.82, 2.24) is 10.6 Å². The van der Waals surface area contributed by atoms with Crippen molar-refractivity contribution in [2.45, 2.75) is 63.9 Å². The van der Waals surface area contributed by atoms with E-state index in [2.05, 4.69) is 15.6 Å². The van der Waals surface area contributed by atoms with Crippen LogP contribution in [-0.4, -0.2) is 52.5 Å². The summed E-state index contributed by atoms with van der Waals surface area (Å²) in [6, 6.07) is 0. The predicted octanol–water partition coefficient (Wildman–Crippen LogP) is 3.33. The number of rotatable bonds is 10. The van der Waals surface area contributed by atoms with Crippen LogP contribution in [0.5, 0.6) is 0 Å². The van der Waals surface area contributed by atoms with Crippen molar-refractivity contribution in [2.24, 2.45) is 10.4 Å². The molecule has 24 heavy (non-hydrogen) atoms. The van der Waals surface area contributed by atoms with Gasteiger partial charge in [0.2, 0.25) is 0 Å². The van der Waals surface area contributed by atoms with Gasteiger partial charge in [-0.05, 0) is 43.9 Å². The summed E-state index contributed by atoms with van der Waals surface area (Å²) in [5.74, 6) is 0.912. The lowest BCUT2D eigenvalue weighted by Crippen LogP contribution is -2.47. The van der Waals surface area contributed by atoms with Crippen molar-refractivity contribution in [1.29, 1.82) is 0 Å². The normalized spacial score (nSPS) is 20.3. The maximum Gasteiger partial charge on any atom is 0.190 e. The summed E-state index contributed by atoms with van der Waals surface area (Å²) in [5, 5.41) is 6.89. The van der Waals surface area contributed by atoms with E-state index < -0.39 is 0 Å². The number of ether oxygens (including phenoxy) is 2. The summed E-state index contributed by atoms with van der Waals surface area (Å²) in [6.07, 6.45) is 11.8. The molecule has 0 radical (unpaired) electrons. The van der Waals surface area contributed by atoms with E-state index in [1.807, 2.05) is 7.05 Å².